The molecule has 2 aromatic rings. The minimum absolute atomic E-state index is 0.393. The SMILES string of the molecule is Cc1cccc(-c2nnnn2C2CCCC2C)c1N. The molecule has 0 amide bonds. The second-order valence-corrected chi connectivity index (χ2v) is 5.46. The highest BCUT2D eigenvalue weighted by atomic mass is 15.6. The zero-order valence-electron chi connectivity index (χ0n) is 11.4. The second kappa shape index (κ2) is 4.64. The van der Waals surface area contributed by atoms with Gasteiger partial charge in [0.05, 0.1) is 6.04 Å². The van der Waals surface area contributed by atoms with Crippen molar-refractivity contribution in [2.45, 2.75) is 39.2 Å². The number of aryl methyl sites for hydroxylation is 1. The van der Waals surface area contributed by atoms with Gasteiger partial charge in [-0.1, -0.05) is 25.5 Å². The molecule has 1 aliphatic carbocycles. The van der Waals surface area contributed by atoms with Gasteiger partial charge in [0.25, 0.3) is 0 Å². The number of para-hydroxylation sites is 1. The lowest BCUT2D eigenvalue weighted by Crippen LogP contribution is -2.15. The summed E-state index contributed by atoms with van der Waals surface area (Å²) < 4.78 is 1.96. The average Bonchev–Trinajstić information content (AvgIpc) is 3.01. The molecule has 2 unspecified atom stereocenters. The van der Waals surface area contributed by atoms with Crippen LogP contribution in [0.1, 0.15) is 37.8 Å². The molecule has 1 aromatic heterocycles. The van der Waals surface area contributed by atoms with Crippen LogP contribution in [0.5, 0.6) is 0 Å². The van der Waals surface area contributed by atoms with Gasteiger partial charge >= 0.3 is 0 Å². The Labute approximate surface area is 112 Å². The molecule has 1 fully saturated rings. The summed E-state index contributed by atoms with van der Waals surface area (Å²) in [5.74, 6) is 1.41. The summed E-state index contributed by atoms with van der Waals surface area (Å²) in [5, 5.41) is 12.2. The summed E-state index contributed by atoms with van der Waals surface area (Å²) >= 11 is 0. The molecule has 5 heteroatoms. The molecule has 0 saturated heterocycles. The summed E-state index contributed by atoms with van der Waals surface area (Å²) in [4.78, 5) is 0. The maximum atomic E-state index is 6.17. The molecule has 2 N–H and O–H groups in total. The van der Waals surface area contributed by atoms with Crippen molar-refractivity contribution in [1.29, 1.82) is 0 Å². The van der Waals surface area contributed by atoms with Crippen LogP contribution in [-0.4, -0.2) is 20.2 Å². The van der Waals surface area contributed by atoms with Crippen LogP contribution in [0.25, 0.3) is 11.4 Å². The van der Waals surface area contributed by atoms with E-state index in [2.05, 4.69) is 22.4 Å². The number of nitrogens with zero attached hydrogens (tertiary/aromatic N) is 4. The molecule has 100 valence electrons. The first-order valence-corrected chi connectivity index (χ1v) is 6.82. The fourth-order valence-corrected chi connectivity index (χ4v) is 2.96. The first kappa shape index (κ1) is 12.1. The molecule has 0 bridgehead atoms. The van der Waals surface area contributed by atoms with E-state index in [1.165, 1.54) is 12.8 Å². The molecule has 3 rings (SSSR count). The van der Waals surface area contributed by atoms with Crippen molar-refractivity contribution >= 4 is 5.69 Å². The molecule has 0 aliphatic heterocycles. The van der Waals surface area contributed by atoms with Gasteiger partial charge in [0.15, 0.2) is 5.82 Å². The third-order valence-electron chi connectivity index (χ3n) is 4.19. The Kier molecular flexibility index (Phi) is 2.97. The van der Waals surface area contributed by atoms with E-state index in [1.807, 2.05) is 29.8 Å². The van der Waals surface area contributed by atoms with E-state index in [0.717, 1.165) is 29.1 Å². The number of tetrazole rings is 1. The number of nitrogens with two attached hydrogens (primary N) is 1. The summed E-state index contributed by atoms with van der Waals surface area (Å²) in [7, 11) is 0. The largest absolute Gasteiger partial charge is 0.398 e. The van der Waals surface area contributed by atoms with Gasteiger partial charge in [-0.05, 0) is 47.7 Å². The summed E-state index contributed by atoms with van der Waals surface area (Å²) in [5.41, 5.74) is 8.93. The lowest BCUT2D eigenvalue weighted by Gasteiger charge is -2.17. The third-order valence-corrected chi connectivity index (χ3v) is 4.19. The van der Waals surface area contributed by atoms with Crippen molar-refractivity contribution in [1.82, 2.24) is 20.2 Å². The Hall–Kier alpha value is -1.91. The van der Waals surface area contributed by atoms with Gasteiger partial charge in [0.1, 0.15) is 0 Å². The molecular formula is C14H19N5. The van der Waals surface area contributed by atoms with Gasteiger partial charge in [0.2, 0.25) is 0 Å². The van der Waals surface area contributed by atoms with Crippen molar-refractivity contribution < 1.29 is 0 Å². The number of nitrogen functional groups attached to an aromatic ring is 1. The molecule has 1 aromatic carbocycles. The topological polar surface area (TPSA) is 69.6 Å². The van der Waals surface area contributed by atoms with Crippen LogP contribution in [0.3, 0.4) is 0 Å². The van der Waals surface area contributed by atoms with E-state index in [-0.39, 0.29) is 0 Å². The molecule has 5 nitrogen and oxygen atoms in total. The molecule has 0 spiro atoms. The van der Waals surface area contributed by atoms with Crippen molar-refractivity contribution in [3.63, 3.8) is 0 Å². The Morgan fingerprint density at radius 3 is 2.89 bits per heavy atom. The highest BCUT2D eigenvalue weighted by molar-refractivity contribution is 5.74. The minimum atomic E-state index is 0.393. The van der Waals surface area contributed by atoms with E-state index >= 15 is 0 Å². The number of anilines is 1. The van der Waals surface area contributed by atoms with E-state index in [1.54, 1.807) is 0 Å². The van der Waals surface area contributed by atoms with E-state index < -0.39 is 0 Å². The normalized spacial score (nSPS) is 22.8. The van der Waals surface area contributed by atoms with Crippen LogP contribution in [0, 0.1) is 12.8 Å². The van der Waals surface area contributed by atoms with Crippen molar-refractivity contribution in [3.05, 3.63) is 23.8 Å². The van der Waals surface area contributed by atoms with E-state index in [9.17, 15) is 0 Å². The predicted octanol–water partition coefficient (Wildman–Crippen LogP) is 2.59. The molecule has 1 heterocycles. The summed E-state index contributed by atoms with van der Waals surface area (Å²) in [6.07, 6.45) is 3.63. The second-order valence-electron chi connectivity index (χ2n) is 5.46. The number of hydrogen-bond acceptors (Lipinski definition) is 4. The number of rotatable bonds is 2. The molecule has 2 atom stereocenters. The number of aromatic nitrogens is 4. The van der Waals surface area contributed by atoms with Crippen molar-refractivity contribution in [3.8, 4) is 11.4 Å². The van der Waals surface area contributed by atoms with Crippen LogP contribution in [0.15, 0.2) is 18.2 Å². The van der Waals surface area contributed by atoms with Gasteiger partial charge in [0, 0.05) is 11.3 Å². The lowest BCUT2D eigenvalue weighted by atomic mass is 10.0. The minimum Gasteiger partial charge on any atom is -0.398 e. The third kappa shape index (κ3) is 1.99. The van der Waals surface area contributed by atoms with Crippen LogP contribution >= 0.6 is 0 Å². The summed E-state index contributed by atoms with van der Waals surface area (Å²) in [6, 6.07) is 6.39. The highest BCUT2D eigenvalue weighted by Crippen LogP contribution is 2.37. The monoisotopic (exact) mass is 257 g/mol. The highest BCUT2D eigenvalue weighted by Gasteiger charge is 2.29. The van der Waals surface area contributed by atoms with Gasteiger partial charge in [-0.2, -0.15) is 0 Å². The van der Waals surface area contributed by atoms with Gasteiger partial charge in [-0.15, -0.1) is 5.10 Å². The van der Waals surface area contributed by atoms with Crippen molar-refractivity contribution in [2.75, 3.05) is 5.73 Å². The quantitative estimate of drug-likeness (QED) is 0.839. The fraction of sp³-hybridized carbons (Fsp3) is 0.500. The number of hydrogen-bond donors (Lipinski definition) is 1. The van der Waals surface area contributed by atoms with Crippen LogP contribution in [0.4, 0.5) is 5.69 Å². The first-order valence-electron chi connectivity index (χ1n) is 6.82. The molecule has 1 saturated carbocycles. The Bertz CT molecular complexity index is 589. The average molecular weight is 257 g/mol. The molecule has 1 aliphatic rings. The Morgan fingerprint density at radius 2 is 2.16 bits per heavy atom. The Morgan fingerprint density at radius 1 is 1.32 bits per heavy atom. The fourth-order valence-electron chi connectivity index (χ4n) is 2.96. The lowest BCUT2D eigenvalue weighted by molar-refractivity contribution is 0.370. The maximum Gasteiger partial charge on any atom is 0.184 e. The van der Waals surface area contributed by atoms with Crippen LogP contribution in [-0.2, 0) is 0 Å². The van der Waals surface area contributed by atoms with Crippen molar-refractivity contribution in [2.24, 2.45) is 5.92 Å². The van der Waals surface area contributed by atoms with E-state index in [4.69, 9.17) is 5.73 Å². The van der Waals surface area contributed by atoms with Gasteiger partial charge < -0.3 is 5.73 Å². The predicted molar refractivity (Wildman–Crippen MR) is 74.5 cm³/mol. The zero-order valence-corrected chi connectivity index (χ0v) is 11.4. The zero-order chi connectivity index (χ0) is 13.4. The first-order chi connectivity index (χ1) is 9.18. The standard InChI is InChI=1S/C14H19N5/c1-9-5-4-8-12(9)19-14(16-17-18-19)11-7-3-6-10(2)13(11)15/h3,6-7,9,12H,4-5,8,15H2,1-2H3. The van der Waals surface area contributed by atoms with Crippen LogP contribution < -0.4 is 5.73 Å². The molecular weight excluding hydrogens is 238 g/mol. The van der Waals surface area contributed by atoms with Crippen LogP contribution in [0.2, 0.25) is 0 Å². The molecule has 19 heavy (non-hydrogen) atoms. The Balaban J connectivity index is 2.07. The van der Waals surface area contributed by atoms with E-state index in [0.29, 0.717) is 12.0 Å². The smallest absolute Gasteiger partial charge is 0.184 e. The van der Waals surface area contributed by atoms with Gasteiger partial charge in [-0.25, -0.2) is 4.68 Å². The maximum absolute atomic E-state index is 6.17. The summed E-state index contributed by atoms with van der Waals surface area (Å²) in [6.45, 7) is 4.27. The molecule has 0 radical (unpaired) electrons. The van der Waals surface area contributed by atoms with Gasteiger partial charge in [-0.3, -0.25) is 0 Å². The number of benzene rings is 1.